The van der Waals surface area contributed by atoms with E-state index in [0.29, 0.717) is 24.6 Å². The number of anilines is 1. The summed E-state index contributed by atoms with van der Waals surface area (Å²) in [6.45, 7) is 1.24. The van der Waals surface area contributed by atoms with E-state index in [1.807, 2.05) is 18.2 Å². The van der Waals surface area contributed by atoms with Crippen molar-refractivity contribution in [3.63, 3.8) is 0 Å². The predicted octanol–water partition coefficient (Wildman–Crippen LogP) is 3.30. The Hall–Kier alpha value is -2.93. The number of amidine groups is 1. The van der Waals surface area contributed by atoms with Gasteiger partial charge in [0.2, 0.25) is 5.91 Å². The lowest BCUT2D eigenvalue weighted by atomic mass is 9.99. The van der Waals surface area contributed by atoms with Gasteiger partial charge in [0.15, 0.2) is 0 Å². The molecule has 2 aliphatic rings. The van der Waals surface area contributed by atoms with Gasteiger partial charge in [0.1, 0.15) is 10.7 Å². The summed E-state index contributed by atoms with van der Waals surface area (Å²) < 4.78 is 28.4. The van der Waals surface area contributed by atoms with Gasteiger partial charge >= 0.3 is 0 Å². The highest BCUT2D eigenvalue weighted by Crippen LogP contribution is 2.27. The Morgan fingerprint density at radius 2 is 1.82 bits per heavy atom. The number of fused-ring (bicyclic) bond motifs is 1. The summed E-state index contributed by atoms with van der Waals surface area (Å²) in [5.74, 6) is 0.314. The van der Waals surface area contributed by atoms with Gasteiger partial charge in [0.25, 0.3) is 10.0 Å². The van der Waals surface area contributed by atoms with Crippen LogP contribution >= 0.6 is 0 Å². The summed E-state index contributed by atoms with van der Waals surface area (Å²) in [5, 5.41) is 3.03. The zero-order chi connectivity index (χ0) is 19.6. The van der Waals surface area contributed by atoms with E-state index in [1.165, 1.54) is 17.2 Å². The lowest BCUT2D eigenvalue weighted by Crippen LogP contribution is -2.35. The molecule has 0 saturated carbocycles. The molecule has 0 spiro atoms. The van der Waals surface area contributed by atoms with Crippen molar-refractivity contribution < 1.29 is 13.2 Å². The third-order valence-corrected chi connectivity index (χ3v) is 6.33. The summed E-state index contributed by atoms with van der Waals surface area (Å²) in [6.07, 6.45) is 3.39. The summed E-state index contributed by atoms with van der Waals surface area (Å²) >= 11 is 0. The van der Waals surface area contributed by atoms with Crippen molar-refractivity contribution in [3.05, 3.63) is 66.2 Å². The third-order valence-electron chi connectivity index (χ3n) is 4.96. The van der Waals surface area contributed by atoms with E-state index in [4.69, 9.17) is 0 Å². The van der Waals surface area contributed by atoms with E-state index in [9.17, 15) is 13.2 Å². The van der Waals surface area contributed by atoms with E-state index in [-0.39, 0.29) is 23.6 Å². The monoisotopic (exact) mass is 395 g/mol. The molecule has 0 atom stereocenters. The topological polar surface area (TPSA) is 78.8 Å². The first kappa shape index (κ1) is 18.4. The van der Waals surface area contributed by atoms with Gasteiger partial charge in [-0.15, -0.1) is 4.40 Å². The molecule has 0 saturated heterocycles. The zero-order valence-electron chi connectivity index (χ0n) is 15.3. The van der Waals surface area contributed by atoms with Crippen LogP contribution in [0.2, 0.25) is 0 Å². The second-order valence-electron chi connectivity index (χ2n) is 6.82. The molecular weight excluding hydrogens is 374 g/mol. The summed E-state index contributed by atoms with van der Waals surface area (Å²) in [5.41, 5.74) is 2.96. The standard InChI is InChI=1S/C21H21N3O3S/c25-21(24-14-12-17(13-15-24)16-6-2-1-3-7-16)11-10-20-22-18-8-4-5-9-19(18)28(26,27)23-20/h1-9,12H,10-11,13-15H2,(H,22,23). The van der Waals surface area contributed by atoms with Crippen LogP contribution in [0.15, 0.2) is 70.0 Å². The Balaban J connectivity index is 1.37. The lowest BCUT2D eigenvalue weighted by Gasteiger charge is -2.27. The van der Waals surface area contributed by atoms with E-state index < -0.39 is 10.0 Å². The molecule has 144 valence electrons. The van der Waals surface area contributed by atoms with Gasteiger partial charge in [-0.25, -0.2) is 0 Å². The molecule has 0 aromatic heterocycles. The first-order valence-corrected chi connectivity index (χ1v) is 10.7. The number of carbonyl (C=O) groups is 1. The van der Waals surface area contributed by atoms with Gasteiger partial charge in [-0.05, 0) is 29.7 Å². The van der Waals surface area contributed by atoms with Gasteiger partial charge in [0, 0.05) is 25.9 Å². The summed E-state index contributed by atoms with van der Waals surface area (Å²) in [4.78, 5) is 14.5. The smallest absolute Gasteiger partial charge is 0.286 e. The lowest BCUT2D eigenvalue weighted by molar-refractivity contribution is -0.130. The maximum Gasteiger partial charge on any atom is 0.286 e. The Kier molecular flexibility index (Phi) is 5.00. The minimum absolute atomic E-state index is 0.00381. The molecule has 1 amide bonds. The highest BCUT2D eigenvalue weighted by molar-refractivity contribution is 7.90. The number of benzene rings is 2. The molecule has 2 aromatic rings. The van der Waals surface area contributed by atoms with Crippen molar-refractivity contribution in [1.29, 1.82) is 0 Å². The number of hydrogen-bond acceptors (Lipinski definition) is 4. The molecule has 0 radical (unpaired) electrons. The maximum atomic E-state index is 12.6. The van der Waals surface area contributed by atoms with Crippen molar-refractivity contribution in [2.75, 3.05) is 18.4 Å². The number of para-hydroxylation sites is 1. The molecule has 0 fully saturated rings. The van der Waals surface area contributed by atoms with Crippen LogP contribution in [0.5, 0.6) is 0 Å². The van der Waals surface area contributed by atoms with Gasteiger partial charge in [-0.2, -0.15) is 8.42 Å². The fourth-order valence-electron chi connectivity index (χ4n) is 3.47. The van der Waals surface area contributed by atoms with Crippen LogP contribution in [-0.2, 0) is 14.8 Å². The fraction of sp³-hybridized carbons (Fsp3) is 0.238. The highest BCUT2D eigenvalue weighted by atomic mass is 32.2. The van der Waals surface area contributed by atoms with Crippen molar-refractivity contribution >= 4 is 33.0 Å². The quantitative estimate of drug-likeness (QED) is 0.862. The third kappa shape index (κ3) is 3.84. The largest absolute Gasteiger partial charge is 0.342 e. The zero-order valence-corrected chi connectivity index (χ0v) is 16.2. The van der Waals surface area contributed by atoms with Gasteiger partial charge in [-0.1, -0.05) is 48.5 Å². The Morgan fingerprint density at radius 1 is 1.07 bits per heavy atom. The van der Waals surface area contributed by atoms with Crippen LogP contribution in [0.25, 0.3) is 5.57 Å². The molecule has 2 aromatic carbocycles. The number of amides is 1. The average molecular weight is 395 g/mol. The van der Waals surface area contributed by atoms with Crippen LogP contribution in [-0.4, -0.2) is 38.2 Å². The second kappa shape index (κ2) is 7.59. The number of nitrogens with one attached hydrogen (secondary N) is 1. The fourth-order valence-corrected chi connectivity index (χ4v) is 4.64. The molecule has 0 bridgehead atoms. The van der Waals surface area contributed by atoms with Crippen molar-refractivity contribution in [2.24, 2.45) is 4.40 Å². The first-order chi connectivity index (χ1) is 13.5. The Bertz CT molecular complexity index is 1060. The molecule has 1 N–H and O–H groups in total. The Labute approximate surface area is 164 Å². The molecule has 4 rings (SSSR count). The molecule has 2 aliphatic heterocycles. The number of sulfonamides is 1. The van der Waals surface area contributed by atoms with E-state index in [2.05, 4.69) is 27.9 Å². The van der Waals surface area contributed by atoms with E-state index >= 15 is 0 Å². The minimum atomic E-state index is -3.71. The highest BCUT2D eigenvalue weighted by Gasteiger charge is 2.25. The molecule has 0 aliphatic carbocycles. The van der Waals surface area contributed by atoms with Crippen molar-refractivity contribution in [2.45, 2.75) is 24.2 Å². The van der Waals surface area contributed by atoms with Crippen molar-refractivity contribution in [1.82, 2.24) is 4.90 Å². The van der Waals surface area contributed by atoms with Gasteiger partial charge in [-0.3, -0.25) is 4.79 Å². The molecule has 28 heavy (non-hydrogen) atoms. The normalized spacial score (nSPS) is 17.8. The second-order valence-corrected chi connectivity index (χ2v) is 8.39. The first-order valence-electron chi connectivity index (χ1n) is 9.25. The van der Waals surface area contributed by atoms with Gasteiger partial charge < -0.3 is 10.2 Å². The molecule has 2 heterocycles. The molecule has 0 unspecified atom stereocenters. The van der Waals surface area contributed by atoms with Crippen LogP contribution in [0.4, 0.5) is 5.69 Å². The van der Waals surface area contributed by atoms with Crippen LogP contribution in [0.1, 0.15) is 24.8 Å². The Morgan fingerprint density at radius 3 is 2.57 bits per heavy atom. The maximum absolute atomic E-state index is 12.6. The number of nitrogens with zero attached hydrogens (tertiary/aromatic N) is 2. The average Bonchev–Trinajstić information content (AvgIpc) is 2.72. The predicted molar refractivity (Wildman–Crippen MR) is 110 cm³/mol. The SMILES string of the molecule is O=C(CCC1=NS(=O)(=O)c2ccccc2N1)N1CC=C(c2ccccc2)CC1. The molecule has 6 nitrogen and oxygen atoms in total. The molecular formula is C21H21N3O3S. The van der Waals surface area contributed by atoms with E-state index in [1.54, 1.807) is 23.1 Å². The number of hydrogen-bond donors (Lipinski definition) is 1. The minimum Gasteiger partial charge on any atom is -0.342 e. The summed E-state index contributed by atoms with van der Waals surface area (Å²) in [7, 11) is -3.71. The van der Waals surface area contributed by atoms with Crippen LogP contribution < -0.4 is 5.32 Å². The molecule has 7 heteroatoms. The van der Waals surface area contributed by atoms with Crippen molar-refractivity contribution in [3.8, 4) is 0 Å². The summed E-state index contributed by atoms with van der Waals surface area (Å²) in [6, 6.07) is 16.8. The number of carbonyl (C=O) groups excluding carboxylic acids is 1. The van der Waals surface area contributed by atoms with Crippen LogP contribution in [0, 0.1) is 0 Å². The van der Waals surface area contributed by atoms with E-state index in [0.717, 1.165) is 6.42 Å². The van der Waals surface area contributed by atoms with Crippen LogP contribution in [0.3, 0.4) is 0 Å². The number of rotatable bonds is 4. The van der Waals surface area contributed by atoms with Gasteiger partial charge in [0.05, 0.1) is 5.69 Å².